The Morgan fingerprint density at radius 2 is 2.39 bits per heavy atom. The Labute approximate surface area is 108 Å². The summed E-state index contributed by atoms with van der Waals surface area (Å²) in [7, 11) is 0. The van der Waals surface area contributed by atoms with Crippen LogP contribution in [0.3, 0.4) is 0 Å². The number of thiazole rings is 1. The van der Waals surface area contributed by atoms with Gasteiger partial charge in [0.25, 0.3) is 0 Å². The van der Waals surface area contributed by atoms with Crippen LogP contribution < -0.4 is 0 Å². The molecule has 1 saturated heterocycles. The third-order valence-corrected chi connectivity index (χ3v) is 3.65. The van der Waals surface area contributed by atoms with E-state index in [0.29, 0.717) is 0 Å². The number of aromatic nitrogens is 1. The highest BCUT2D eigenvalue weighted by Gasteiger charge is 2.43. The number of hydrogen-bond donors (Lipinski definition) is 1. The highest BCUT2D eigenvalue weighted by atomic mass is 32.1. The quantitative estimate of drug-likeness (QED) is 0.883. The number of carbonyl (C=O) groups is 2. The summed E-state index contributed by atoms with van der Waals surface area (Å²) in [5.41, 5.74) is 1.62. The summed E-state index contributed by atoms with van der Waals surface area (Å²) in [4.78, 5) is 29.4. The first-order valence-electron chi connectivity index (χ1n) is 5.56. The first-order valence-corrected chi connectivity index (χ1v) is 6.44. The van der Waals surface area contributed by atoms with Crippen LogP contribution >= 0.6 is 11.3 Å². The van der Waals surface area contributed by atoms with Crippen molar-refractivity contribution in [3.8, 4) is 0 Å². The molecule has 7 heteroatoms. The largest absolute Gasteiger partial charge is 0.479 e. The van der Waals surface area contributed by atoms with Crippen molar-refractivity contribution in [1.29, 1.82) is 0 Å². The highest BCUT2D eigenvalue weighted by Crippen LogP contribution is 2.33. The number of carboxylic acids is 1. The van der Waals surface area contributed by atoms with Gasteiger partial charge in [-0.3, -0.25) is 9.78 Å². The number of nitrogens with zero attached hydrogens (tertiary/aromatic N) is 2. The van der Waals surface area contributed by atoms with Gasteiger partial charge in [-0.15, -0.1) is 11.3 Å². The Kier molecular flexibility index (Phi) is 3.63. The Morgan fingerprint density at radius 1 is 1.67 bits per heavy atom. The van der Waals surface area contributed by atoms with Crippen LogP contribution in [0, 0.1) is 0 Å². The molecular weight excluding hydrogens is 256 g/mol. The maximum atomic E-state index is 11.9. The Balaban J connectivity index is 2.41. The first-order chi connectivity index (χ1) is 8.52. The normalized spacial score (nSPS) is 24.6. The lowest BCUT2D eigenvalue weighted by Gasteiger charge is -2.40. The van der Waals surface area contributed by atoms with E-state index in [9.17, 15) is 14.7 Å². The SMILES string of the molecule is CC(C)N1C(=O)COC(C(=O)O)C1c1cncs1. The summed E-state index contributed by atoms with van der Waals surface area (Å²) in [6.45, 7) is 3.52. The summed E-state index contributed by atoms with van der Waals surface area (Å²) in [5, 5.41) is 9.21. The standard InChI is InChI=1S/C11H14N2O4S/c1-6(2)13-8(14)4-17-10(11(15)16)9(13)7-3-12-5-18-7/h3,5-6,9-10H,4H2,1-2H3,(H,15,16). The topological polar surface area (TPSA) is 79.7 Å². The van der Waals surface area contributed by atoms with Crippen LogP contribution in [0.25, 0.3) is 0 Å². The predicted octanol–water partition coefficient (Wildman–Crippen LogP) is 0.905. The zero-order valence-corrected chi connectivity index (χ0v) is 10.9. The van der Waals surface area contributed by atoms with Crippen LogP contribution in [0.4, 0.5) is 0 Å². The number of aliphatic carboxylic acids is 1. The molecule has 1 amide bonds. The molecule has 1 fully saturated rings. The summed E-state index contributed by atoms with van der Waals surface area (Å²) in [5.74, 6) is -1.26. The van der Waals surface area contributed by atoms with Gasteiger partial charge < -0.3 is 14.7 Å². The van der Waals surface area contributed by atoms with E-state index in [-0.39, 0.29) is 18.6 Å². The second kappa shape index (κ2) is 5.03. The van der Waals surface area contributed by atoms with Crippen molar-refractivity contribution in [3.63, 3.8) is 0 Å². The molecule has 0 bridgehead atoms. The monoisotopic (exact) mass is 270 g/mol. The molecule has 2 heterocycles. The number of carbonyl (C=O) groups excluding carboxylic acids is 1. The van der Waals surface area contributed by atoms with E-state index < -0.39 is 18.1 Å². The van der Waals surface area contributed by atoms with Gasteiger partial charge in [0.2, 0.25) is 5.91 Å². The number of rotatable bonds is 3. The molecule has 0 aromatic carbocycles. The number of carboxylic acid groups (broad SMARTS) is 1. The van der Waals surface area contributed by atoms with Crippen molar-refractivity contribution in [2.24, 2.45) is 0 Å². The van der Waals surface area contributed by atoms with Crippen molar-refractivity contribution in [1.82, 2.24) is 9.88 Å². The first kappa shape index (κ1) is 13.0. The fraction of sp³-hybridized carbons (Fsp3) is 0.545. The van der Waals surface area contributed by atoms with Gasteiger partial charge in [0.15, 0.2) is 6.10 Å². The minimum Gasteiger partial charge on any atom is -0.479 e. The highest BCUT2D eigenvalue weighted by molar-refractivity contribution is 7.09. The molecule has 98 valence electrons. The van der Waals surface area contributed by atoms with Gasteiger partial charge in [0, 0.05) is 12.2 Å². The van der Waals surface area contributed by atoms with Gasteiger partial charge in [-0.2, -0.15) is 0 Å². The molecule has 1 aliphatic rings. The smallest absolute Gasteiger partial charge is 0.335 e. The lowest BCUT2D eigenvalue weighted by molar-refractivity contribution is -0.175. The predicted molar refractivity (Wildman–Crippen MR) is 64.2 cm³/mol. The van der Waals surface area contributed by atoms with Crippen LogP contribution in [-0.4, -0.2) is 45.6 Å². The van der Waals surface area contributed by atoms with Gasteiger partial charge in [-0.25, -0.2) is 4.79 Å². The van der Waals surface area contributed by atoms with Gasteiger partial charge in [0.1, 0.15) is 12.6 Å². The molecule has 2 rings (SSSR count). The number of hydrogen-bond acceptors (Lipinski definition) is 5. The maximum Gasteiger partial charge on any atom is 0.335 e. The molecule has 1 aromatic rings. The van der Waals surface area contributed by atoms with Gasteiger partial charge in [-0.05, 0) is 13.8 Å². The van der Waals surface area contributed by atoms with Crippen molar-refractivity contribution in [2.75, 3.05) is 6.61 Å². The molecule has 0 radical (unpaired) electrons. The van der Waals surface area contributed by atoms with Crippen molar-refractivity contribution in [3.05, 3.63) is 16.6 Å². The van der Waals surface area contributed by atoms with Crippen LogP contribution in [0.5, 0.6) is 0 Å². The van der Waals surface area contributed by atoms with E-state index in [0.717, 1.165) is 4.88 Å². The minimum atomic E-state index is -1.06. The number of morpholine rings is 1. The molecule has 2 unspecified atom stereocenters. The van der Waals surface area contributed by atoms with Crippen LogP contribution in [-0.2, 0) is 14.3 Å². The van der Waals surface area contributed by atoms with Gasteiger partial charge >= 0.3 is 5.97 Å². The zero-order valence-electron chi connectivity index (χ0n) is 10.1. The van der Waals surface area contributed by atoms with E-state index >= 15 is 0 Å². The van der Waals surface area contributed by atoms with E-state index in [1.807, 2.05) is 13.8 Å². The Bertz CT molecular complexity index is 446. The summed E-state index contributed by atoms with van der Waals surface area (Å²) in [6, 6.07) is -0.688. The van der Waals surface area contributed by atoms with Crippen molar-refractivity contribution >= 4 is 23.2 Å². The summed E-state index contributed by atoms with van der Waals surface area (Å²) < 4.78 is 5.16. The van der Waals surface area contributed by atoms with Crippen LogP contribution in [0.15, 0.2) is 11.7 Å². The second-order valence-electron chi connectivity index (χ2n) is 4.31. The van der Waals surface area contributed by atoms with E-state index in [1.54, 1.807) is 16.6 Å². The molecule has 1 N–H and O–H groups in total. The Morgan fingerprint density at radius 3 is 2.89 bits per heavy atom. The average Bonchev–Trinajstić information content (AvgIpc) is 2.80. The maximum absolute atomic E-state index is 11.9. The van der Waals surface area contributed by atoms with E-state index in [1.165, 1.54) is 11.3 Å². The minimum absolute atomic E-state index is 0.0876. The lowest BCUT2D eigenvalue weighted by Crippen LogP contribution is -2.54. The molecule has 6 nitrogen and oxygen atoms in total. The van der Waals surface area contributed by atoms with Crippen molar-refractivity contribution in [2.45, 2.75) is 32.0 Å². The summed E-state index contributed by atoms with van der Waals surface area (Å²) in [6.07, 6.45) is 0.549. The molecule has 0 saturated carbocycles. The van der Waals surface area contributed by atoms with E-state index in [2.05, 4.69) is 4.98 Å². The summed E-state index contributed by atoms with van der Waals surface area (Å²) >= 11 is 1.33. The third kappa shape index (κ3) is 2.23. The average molecular weight is 270 g/mol. The molecule has 1 aliphatic heterocycles. The molecule has 18 heavy (non-hydrogen) atoms. The second-order valence-corrected chi connectivity index (χ2v) is 5.23. The lowest BCUT2D eigenvalue weighted by atomic mass is 10.0. The van der Waals surface area contributed by atoms with Crippen molar-refractivity contribution < 1.29 is 19.4 Å². The van der Waals surface area contributed by atoms with Crippen LogP contribution in [0.2, 0.25) is 0 Å². The third-order valence-electron chi connectivity index (χ3n) is 2.80. The number of amides is 1. The number of ether oxygens (including phenoxy) is 1. The zero-order chi connectivity index (χ0) is 13.3. The van der Waals surface area contributed by atoms with Gasteiger partial charge in [0.05, 0.1) is 10.4 Å². The molecular formula is C11H14N2O4S. The van der Waals surface area contributed by atoms with E-state index in [4.69, 9.17) is 4.74 Å². The fourth-order valence-electron chi connectivity index (χ4n) is 2.10. The Hall–Kier alpha value is -1.47. The molecule has 0 spiro atoms. The molecule has 2 atom stereocenters. The fourth-order valence-corrected chi connectivity index (χ4v) is 2.84. The van der Waals surface area contributed by atoms with Crippen LogP contribution in [0.1, 0.15) is 24.8 Å². The van der Waals surface area contributed by atoms with Gasteiger partial charge in [-0.1, -0.05) is 0 Å². The molecule has 1 aromatic heterocycles. The molecule has 0 aliphatic carbocycles.